The molecule has 0 radical (unpaired) electrons. The van der Waals surface area contributed by atoms with Crippen LogP contribution in [-0.2, 0) is 23.7 Å². The second kappa shape index (κ2) is 14.2. The van der Waals surface area contributed by atoms with Crippen molar-refractivity contribution in [1.29, 1.82) is 0 Å². The lowest BCUT2D eigenvalue weighted by Crippen LogP contribution is -2.66. The lowest BCUT2D eigenvalue weighted by Gasteiger charge is -2.68. The van der Waals surface area contributed by atoms with Crippen LogP contribution in [0.4, 0.5) is 0 Å². The van der Waals surface area contributed by atoms with Gasteiger partial charge in [0, 0.05) is 11.3 Å². The molecule has 0 aromatic carbocycles. The molecule has 308 valence electrons. The van der Waals surface area contributed by atoms with Crippen molar-refractivity contribution in [2.75, 3.05) is 19.8 Å². The van der Waals surface area contributed by atoms with Crippen LogP contribution in [0.2, 0.25) is 0 Å². The third-order valence-electron chi connectivity index (χ3n) is 16.6. The lowest BCUT2D eigenvalue weighted by atomic mass is 9.37. The van der Waals surface area contributed by atoms with E-state index in [1.54, 1.807) is 0 Å². The van der Waals surface area contributed by atoms with E-state index >= 15 is 0 Å². The Morgan fingerprint density at radius 1 is 0.833 bits per heavy atom. The smallest absolute Gasteiger partial charge is 0.315 e. The van der Waals surface area contributed by atoms with Gasteiger partial charge in [-0.1, -0.05) is 39.3 Å². The summed E-state index contributed by atoms with van der Waals surface area (Å²) in [7, 11) is 0. The first-order valence-corrected chi connectivity index (χ1v) is 20.2. The average molecular weight is 769 g/mol. The summed E-state index contributed by atoms with van der Waals surface area (Å²) in [4.78, 5) is 14.5. The monoisotopic (exact) mass is 768 g/mol. The summed E-state index contributed by atoms with van der Waals surface area (Å²) in [5.41, 5.74) is -2.55. The fourth-order valence-electron chi connectivity index (χ4n) is 13.0. The molecule has 5 unspecified atom stereocenters. The Kier molecular flexibility index (Phi) is 10.8. The summed E-state index contributed by atoms with van der Waals surface area (Å²) in [5, 5.41) is 95.6. The zero-order valence-corrected chi connectivity index (χ0v) is 32.3. The highest BCUT2D eigenvalue weighted by atomic mass is 16.7. The van der Waals surface area contributed by atoms with Crippen molar-refractivity contribution in [3.8, 4) is 0 Å². The summed E-state index contributed by atoms with van der Waals surface area (Å²) in [6.07, 6.45) is -5.23. The Morgan fingerprint density at radius 2 is 1.54 bits per heavy atom. The number of carbonyl (C=O) groups excluding carboxylic acids is 1. The van der Waals surface area contributed by atoms with Crippen molar-refractivity contribution in [2.24, 2.45) is 51.2 Å². The molecule has 14 nitrogen and oxygen atoms in total. The molecule has 54 heavy (non-hydrogen) atoms. The SMILES string of the molecule is C[C@@H]1CC[C@]2(C(=O)O[C@@H]3O[C@H](CO)[C@@H](O)[C@H](O)[C@H]3O)CC[C@]3(C)C(=CCC4C3CCC3[C@](C)(CO)C(O[C@@H]5OC[C@H](O)[C@@H](O)[C@H]5O)CC[C@]43C)C2[C@]1(C)O. The van der Waals surface area contributed by atoms with Gasteiger partial charge in [-0.2, -0.15) is 0 Å². The van der Waals surface area contributed by atoms with Gasteiger partial charge in [0.15, 0.2) is 6.29 Å². The molecule has 0 spiro atoms. The molecule has 7 rings (SSSR count). The van der Waals surface area contributed by atoms with Crippen LogP contribution in [-0.4, -0.2) is 139 Å². The van der Waals surface area contributed by atoms with Crippen molar-refractivity contribution in [3.05, 3.63) is 11.6 Å². The number of ether oxygens (including phenoxy) is 4. The number of aliphatic hydroxyl groups is 9. The van der Waals surface area contributed by atoms with Gasteiger partial charge in [-0.15, -0.1) is 0 Å². The van der Waals surface area contributed by atoms with Gasteiger partial charge in [-0.25, -0.2) is 0 Å². The van der Waals surface area contributed by atoms with Gasteiger partial charge in [0.1, 0.15) is 42.7 Å². The summed E-state index contributed by atoms with van der Waals surface area (Å²) in [5.74, 6) is -0.799. The molecule has 5 aliphatic carbocycles. The Labute approximate surface area is 317 Å². The van der Waals surface area contributed by atoms with Crippen LogP contribution in [0.15, 0.2) is 11.6 Å². The average Bonchev–Trinajstić information content (AvgIpc) is 3.14. The quantitative estimate of drug-likeness (QED) is 0.102. The highest BCUT2D eigenvalue weighted by Gasteiger charge is 2.69. The maximum atomic E-state index is 14.5. The molecule has 7 aliphatic rings. The summed E-state index contributed by atoms with van der Waals surface area (Å²) >= 11 is 0. The van der Waals surface area contributed by atoms with Crippen LogP contribution in [0.5, 0.6) is 0 Å². The Bertz CT molecular complexity index is 1440. The van der Waals surface area contributed by atoms with E-state index in [9.17, 15) is 50.8 Å². The van der Waals surface area contributed by atoms with Crippen LogP contribution < -0.4 is 0 Å². The van der Waals surface area contributed by atoms with Crippen LogP contribution in [0.25, 0.3) is 0 Å². The van der Waals surface area contributed by atoms with Gasteiger partial charge in [-0.05, 0) is 99.2 Å². The maximum Gasteiger partial charge on any atom is 0.315 e. The molecular weight excluding hydrogens is 704 g/mol. The summed E-state index contributed by atoms with van der Waals surface area (Å²) in [6, 6.07) is 0. The molecular formula is C40H64O14. The first-order chi connectivity index (χ1) is 25.3. The van der Waals surface area contributed by atoms with Gasteiger partial charge in [0.05, 0.1) is 36.9 Å². The van der Waals surface area contributed by atoms with Crippen molar-refractivity contribution >= 4 is 5.97 Å². The third-order valence-corrected chi connectivity index (χ3v) is 16.6. The fraction of sp³-hybridized carbons (Fsp3) is 0.925. The maximum absolute atomic E-state index is 14.5. The minimum Gasteiger partial charge on any atom is -0.432 e. The minimum atomic E-state index is -1.73. The molecule has 20 atom stereocenters. The van der Waals surface area contributed by atoms with Crippen LogP contribution in [0, 0.1) is 51.2 Å². The first kappa shape index (κ1) is 40.9. The molecule has 4 saturated carbocycles. The standard InChI is InChI=1S/C40H64O14/c1-19-10-13-40(35(49)54-34-31(48)29(46)28(45)24(16-41)52-34)15-14-36(2)20-8-9-25-37(3,21(20)6-7-22(36)32(40)39(19,5)50)12-11-26(38(25,4)18-42)53-33-30(47)27(44)23(43)17-51-33/h7,19-21,23-34,41-48,50H,6,8-18H2,1-5H3/t19-,20?,21?,23+,24-,25?,26?,27-,28-,29+,30-,31-,32?,33+,34+,36+,37-,38+,39-,40+/m1/s1. The molecule has 2 saturated heterocycles. The van der Waals surface area contributed by atoms with Gasteiger partial charge in [0.25, 0.3) is 0 Å². The Hall–Kier alpha value is -1.27. The molecule has 9 N–H and O–H groups in total. The van der Waals surface area contributed by atoms with E-state index in [2.05, 4.69) is 19.9 Å². The van der Waals surface area contributed by atoms with Crippen molar-refractivity contribution < 1.29 is 69.7 Å². The van der Waals surface area contributed by atoms with Crippen molar-refractivity contribution in [2.45, 2.75) is 159 Å². The van der Waals surface area contributed by atoms with Crippen molar-refractivity contribution in [3.63, 3.8) is 0 Å². The molecule has 0 aromatic heterocycles. The second-order valence-corrected chi connectivity index (χ2v) is 19.1. The van der Waals surface area contributed by atoms with E-state index in [0.29, 0.717) is 32.1 Å². The van der Waals surface area contributed by atoms with Crippen molar-refractivity contribution in [1.82, 2.24) is 0 Å². The van der Waals surface area contributed by atoms with E-state index in [1.165, 1.54) is 0 Å². The molecule has 0 bridgehead atoms. The van der Waals surface area contributed by atoms with Gasteiger partial charge >= 0.3 is 5.97 Å². The zero-order valence-electron chi connectivity index (χ0n) is 32.3. The third kappa shape index (κ3) is 5.91. The minimum absolute atomic E-state index is 0.0683. The molecule has 0 aromatic rings. The predicted molar refractivity (Wildman–Crippen MR) is 190 cm³/mol. The number of aliphatic hydroxyl groups excluding tert-OH is 8. The molecule has 2 heterocycles. The lowest BCUT2D eigenvalue weighted by molar-refractivity contribution is -0.310. The molecule has 0 amide bonds. The first-order valence-electron chi connectivity index (χ1n) is 20.2. The highest BCUT2D eigenvalue weighted by molar-refractivity contribution is 5.79. The number of carbonyl (C=O) groups is 1. The van der Waals surface area contributed by atoms with E-state index in [-0.39, 0.29) is 47.7 Å². The Morgan fingerprint density at radius 3 is 2.22 bits per heavy atom. The normalized spacial score (nSPS) is 56.0. The van der Waals surface area contributed by atoms with Gasteiger partial charge in [0.2, 0.25) is 6.29 Å². The highest BCUT2D eigenvalue weighted by Crippen LogP contribution is 2.72. The summed E-state index contributed by atoms with van der Waals surface area (Å²) < 4.78 is 23.5. The summed E-state index contributed by atoms with van der Waals surface area (Å²) in [6.45, 7) is 9.53. The van der Waals surface area contributed by atoms with E-state index in [0.717, 1.165) is 31.3 Å². The van der Waals surface area contributed by atoms with Crippen LogP contribution >= 0.6 is 0 Å². The number of esters is 1. The Balaban J connectivity index is 1.17. The van der Waals surface area contributed by atoms with Gasteiger partial charge in [-0.3, -0.25) is 4.79 Å². The largest absolute Gasteiger partial charge is 0.432 e. The van der Waals surface area contributed by atoms with E-state index < -0.39 is 96.3 Å². The molecule has 6 fully saturated rings. The topological polar surface area (TPSA) is 236 Å². The van der Waals surface area contributed by atoms with E-state index in [1.807, 2.05) is 20.8 Å². The number of allylic oxidation sites excluding steroid dienone is 1. The van der Waals surface area contributed by atoms with Crippen LogP contribution in [0.3, 0.4) is 0 Å². The zero-order chi connectivity index (χ0) is 39.3. The number of fused-ring (bicyclic) bond motifs is 7. The number of hydrogen-bond acceptors (Lipinski definition) is 14. The van der Waals surface area contributed by atoms with Crippen LogP contribution in [0.1, 0.15) is 92.4 Å². The predicted octanol–water partition coefficient (Wildman–Crippen LogP) is 0.509. The van der Waals surface area contributed by atoms with Gasteiger partial charge < -0.3 is 64.9 Å². The molecule has 2 aliphatic heterocycles. The van der Waals surface area contributed by atoms with E-state index in [4.69, 9.17) is 18.9 Å². The molecule has 14 heteroatoms. The second-order valence-electron chi connectivity index (χ2n) is 19.1. The fourth-order valence-corrected chi connectivity index (χ4v) is 13.0. The number of rotatable bonds is 6. The number of hydrogen-bond donors (Lipinski definition) is 9.